The van der Waals surface area contributed by atoms with Crippen molar-refractivity contribution in [2.45, 2.75) is 39.2 Å². The van der Waals surface area contributed by atoms with Gasteiger partial charge in [-0.2, -0.15) is 4.68 Å². The summed E-state index contributed by atoms with van der Waals surface area (Å²) in [4.78, 5) is 29.5. The average Bonchev–Trinajstić information content (AvgIpc) is 3.03. The van der Waals surface area contributed by atoms with Crippen LogP contribution in [0.1, 0.15) is 39.4 Å². The summed E-state index contributed by atoms with van der Waals surface area (Å²) in [6.45, 7) is 7.78. The number of hydrogen-bond acceptors (Lipinski definition) is 6. The van der Waals surface area contributed by atoms with Gasteiger partial charge in [0.2, 0.25) is 0 Å². The normalized spacial score (nSPS) is 13.0. The van der Waals surface area contributed by atoms with Crippen LogP contribution in [0, 0.1) is 0 Å². The second-order valence-electron chi connectivity index (χ2n) is 6.81. The minimum Gasteiger partial charge on any atom is -0.300 e. The van der Waals surface area contributed by atoms with Crippen LogP contribution >= 0.6 is 11.3 Å². The Morgan fingerprint density at radius 3 is 2.68 bits per heavy atom. The van der Waals surface area contributed by atoms with Crippen molar-refractivity contribution in [3.8, 4) is 0 Å². The third kappa shape index (κ3) is 3.43. The first-order valence-corrected chi connectivity index (χ1v) is 8.76. The number of anilines is 1. The quantitative estimate of drug-likeness (QED) is 0.778. The van der Waals surface area contributed by atoms with Crippen molar-refractivity contribution in [3.05, 3.63) is 45.7 Å². The van der Waals surface area contributed by atoms with Gasteiger partial charge in [-0.05, 0) is 19.1 Å². The maximum atomic E-state index is 12.5. The molecule has 3 rings (SSSR count). The van der Waals surface area contributed by atoms with Gasteiger partial charge in [0, 0.05) is 10.8 Å². The molecule has 0 bridgehead atoms. The van der Waals surface area contributed by atoms with Crippen molar-refractivity contribution in [1.82, 2.24) is 20.0 Å². The summed E-state index contributed by atoms with van der Waals surface area (Å²) in [5.41, 5.74) is 0.975. The second kappa shape index (κ2) is 6.36. The molecule has 1 amide bonds. The van der Waals surface area contributed by atoms with E-state index < -0.39 is 6.04 Å². The highest BCUT2D eigenvalue weighted by molar-refractivity contribution is 7.13. The fraction of sp³-hybridized carbons (Fsp3) is 0.353. The maximum Gasteiger partial charge on any atom is 0.278 e. The molecule has 0 saturated carbocycles. The van der Waals surface area contributed by atoms with Gasteiger partial charge in [0.15, 0.2) is 5.13 Å². The topological polar surface area (TPSA) is 89.8 Å². The van der Waals surface area contributed by atoms with Crippen LogP contribution in [0.5, 0.6) is 0 Å². The zero-order valence-corrected chi connectivity index (χ0v) is 15.3. The molecule has 0 aliphatic heterocycles. The van der Waals surface area contributed by atoms with Crippen LogP contribution in [0.3, 0.4) is 0 Å². The molecule has 8 heteroatoms. The maximum absolute atomic E-state index is 12.5. The summed E-state index contributed by atoms with van der Waals surface area (Å²) in [6.07, 6.45) is 0. The first-order chi connectivity index (χ1) is 11.8. The van der Waals surface area contributed by atoms with E-state index in [0.29, 0.717) is 16.0 Å². The highest BCUT2D eigenvalue weighted by Crippen LogP contribution is 2.26. The predicted molar refractivity (Wildman–Crippen MR) is 98.0 cm³/mol. The van der Waals surface area contributed by atoms with E-state index in [1.807, 2.05) is 5.38 Å². The number of rotatable bonds is 3. The highest BCUT2D eigenvalue weighted by Gasteiger charge is 2.22. The Kier molecular flexibility index (Phi) is 4.38. The van der Waals surface area contributed by atoms with Crippen molar-refractivity contribution in [2.75, 3.05) is 5.32 Å². The molecule has 7 nitrogen and oxygen atoms in total. The van der Waals surface area contributed by atoms with Gasteiger partial charge >= 0.3 is 0 Å². The summed E-state index contributed by atoms with van der Waals surface area (Å²) in [5, 5.41) is 13.5. The van der Waals surface area contributed by atoms with Crippen molar-refractivity contribution < 1.29 is 4.79 Å². The lowest BCUT2D eigenvalue weighted by Crippen LogP contribution is -2.34. The molecule has 1 atom stereocenters. The third-order valence-electron chi connectivity index (χ3n) is 3.84. The smallest absolute Gasteiger partial charge is 0.278 e. The molecule has 0 aliphatic rings. The van der Waals surface area contributed by atoms with Gasteiger partial charge in [0.05, 0.1) is 11.1 Å². The molecule has 0 saturated heterocycles. The van der Waals surface area contributed by atoms with Crippen molar-refractivity contribution >= 4 is 33.3 Å². The van der Waals surface area contributed by atoms with Crippen LogP contribution < -0.4 is 10.9 Å². The molecule has 130 valence electrons. The molecule has 2 heterocycles. The summed E-state index contributed by atoms with van der Waals surface area (Å²) in [7, 11) is 0. The zero-order valence-electron chi connectivity index (χ0n) is 14.5. The van der Waals surface area contributed by atoms with Crippen LogP contribution in [0.25, 0.3) is 10.9 Å². The van der Waals surface area contributed by atoms with Gasteiger partial charge < -0.3 is 5.32 Å². The highest BCUT2D eigenvalue weighted by atomic mass is 32.1. The molecular formula is C17H19N5O2S. The van der Waals surface area contributed by atoms with Crippen LogP contribution in [-0.2, 0) is 10.2 Å². The van der Waals surface area contributed by atoms with E-state index in [1.54, 1.807) is 31.2 Å². The van der Waals surface area contributed by atoms with Crippen LogP contribution in [-0.4, -0.2) is 25.9 Å². The Labute approximate surface area is 148 Å². The van der Waals surface area contributed by atoms with E-state index in [1.165, 1.54) is 11.3 Å². The van der Waals surface area contributed by atoms with Gasteiger partial charge in [-0.15, -0.1) is 16.4 Å². The van der Waals surface area contributed by atoms with Gasteiger partial charge in [-0.25, -0.2) is 4.98 Å². The Bertz CT molecular complexity index is 986. The molecule has 3 aromatic rings. The summed E-state index contributed by atoms with van der Waals surface area (Å²) < 4.78 is 1.09. The Balaban J connectivity index is 1.84. The van der Waals surface area contributed by atoms with Gasteiger partial charge in [-0.1, -0.05) is 38.1 Å². The monoisotopic (exact) mass is 357 g/mol. The Morgan fingerprint density at radius 2 is 2.00 bits per heavy atom. The first kappa shape index (κ1) is 17.2. The van der Waals surface area contributed by atoms with Crippen LogP contribution in [0.4, 0.5) is 5.13 Å². The van der Waals surface area contributed by atoms with E-state index >= 15 is 0 Å². The zero-order chi connectivity index (χ0) is 18.2. The number of nitrogens with one attached hydrogen (secondary N) is 1. The van der Waals surface area contributed by atoms with Crippen LogP contribution in [0.15, 0.2) is 34.4 Å². The molecule has 0 aliphatic carbocycles. The van der Waals surface area contributed by atoms with Gasteiger partial charge in [0.1, 0.15) is 11.6 Å². The number of hydrogen-bond donors (Lipinski definition) is 1. The molecule has 25 heavy (non-hydrogen) atoms. The minimum atomic E-state index is -0.799. The minimum absolute atomic E-state index is 0.0914. The number of nitrogens with zero attached hydrogens (tertiary/aromatic N) is 4. The summed E-state index contributed by atoms with van der Waals surface area (Å²) >= 11 is 1.36. The number of carbonyl (C=O) groups is 1. The van der Waals surface area contributed by atoms with Gasteiger partial charge in [-0.3, -0.25) is 9.59 Å². The van der Waals surface area contributed by atoms with E-state index in [2.05, 4.69) is 41.4 Å². The molecule has 1 aromatic carbocycles. The lowest BCUT2D eigenvalue weighted by atomic mass is 9.93. The van der Waals surface area contributed by atoms with E-state index in [-0.39, 0.29) is 16.9 Å². The molecule has 0 spiro atoms. The van der Waals surface area contributed by atoms with Crippen molar-refractivity contribution in [1.29, 1.82) is 0 Å². The summed E-state index contributed by atoms with van der Waals surface area (Å²) in [6, 6.07) is 6.12. The van der Waals surface area contributed by atoms with E-state index in [9.17, 15) is 9.59 Å². The number of carbonyl (C=O) groups excluding carboxylic acids is 1. The molecule has 0 unspecified atom stereocenters. The number of amides is 1. The Morgan fingerprint density at radius 1 is 1.28 bits per heavy atom. The van der Waals surface area contributed by atoms with E-state index in [4.69, 9.17) is 0 Å². The Hall–Kier alpha value is -2.61. The van der Waals surface area contributed by atoms with Crippen LogP contribution in [0.2, 0.25) is 0 Å². The summed E-state index contributed by atoms with van der Waals surface area (Å²) in [5.74, 6) is -0.360. The lowest BCUT2D eigenvalue weighted by Gasteiger charge is -2.14. The third-order valence-corrected chi connectivity index (χ3v) is 4.60. The second-order valence-corrected chi connectivity index (χ2v) is 7.67. The molecule has 2 aromatic heterocycles. The van der Waals surface area contributed by atoms with Crippen molar-refractivity contribution in [3.63, 3.8) is 0 Å². The number of fused-ring (bicyclic) bond motifs is 1. The lowest BCUT2D eigenvalue weighted by molar-refractivity contribution is -0.119. The molecular weight excluding hydrogens is 338 g/mol. The van der Waals surface area contributed by atoms with Gasteiger partial charge in [0.25, 0.3) is 11.5 Å². The van der Waals surface area contributed by atoms with Crippen molar-refractivity contribution in [2.24, 2.45) is 0 Å². The number of benzene rings is 1. The fourth-order valence-electron chi connectivity index (χ4n) is 2.25. The fourth-order valence-corrected chi connectivity index (χ4v) is 3.19. The SMILES string of the molecule is C[C@@H](C(=O)Nc1nc(C(C)(C)C)cs1)n1nnc2ccccc2c1=O. The molecule has 1 N–H and O–H groups in total. The van der Waals surface area contributed by atoms with E-state index in [0.717, 1.165) is 10.4 Å². The average molecular weight is 357 g/mol. The standard InChI is InChI=1S/C17H19N5O2S/c1-10(14(23)19-16-18-13(9-25-16)17(2,3)4)22-15(24)11-7-5-6-8-12(11)20-21-22/h5-10H,1-4H3,(H,18,19,23)/t10-/m0/s1. The first-order valence-electron chi connectivity index (χ1n) is 7.88. The predicted octanol–water partition coefficient (Wildman–Crippen LogP) is 2.75. The largest absolute Gasteiger partial charge is 0.300 e. The number of thiazole rings is 1. The molecule has 0 fully saturated rings. The number of aromatic nitrogens is 4. The molecule has 0 radical (unpaired) electrons.